The summed E-state index contributed by atoms with van der Waals surface area (Å²) in [5.41, 5.74) is 8.24. The van der Waals surface area contributed by atoms with Gasteiger partial charge in [0.1, 0.15) is 0 Å². The number of nitrogens with zero attached hydrogens (tertiary/aromatic N) is 2. The SMILES string of the molecule is CN(C)C(=O)CCNc1c(N)cnc2ccc(Br)cc12. The van der Waals surface area contributed by atoms with Crippen molar-refractivity contribution in [1.29, 1.82) is 0 Å². The van der Waals surface area contributed by atoms with Gasteiger partial charge in [-0.05, 0) is 18.2 Å². The Morgan fingerprint density at radius 1 is 1.45 bits per heavy atom. The van der Waals surface area contributed by atoms with E-state index in [4.69, 9.17) is 5.73 Å². The number of aromatic nitrogens is 1. The lowest BCUT2D eigenvalue weighted by Gasteiger charge is -2.14. The molecule has 20 heavy (non-hydrogen) atoms. The number of nitrogens with one attached hydrogen (secondary N) is 1. The quantitative estimate of drug-likeness (QED) is 0.899. The fraction of sp³-hybridized carbons (Fsp3) is 0.286. The molecule has 2 aromatic rings. The molecule has 0 bridgehead atoms. The van der Waals surface area contributed by atoms with Gasteiger partial charge in [-0.25, -0.2) is 0 Å². The van der Waals surface area contributed by atoms with E-state index in [1.165, 1.54) is 0 Å². The molecular weight excluding hydrogens is 320 g/mol. The number of halogens is 1. The van der Waals surface area contributed by atoms with Gasteiger partial charge in [-0.2, -0.15) is 0 Å². The molecule has 6 heteroatoms. The summed E-state index contributed by atoms with van der Waals surface area (Å²) in [5.74, 6) is 0.0793. The van der Waals surface area contributed by atoms with Gasteiger partial charge in [-0.15, -0.1) is 0 Å². The number of rotatable bonds is 4. The average Bonchev–Trinajstić information content (AvgIpc) is 2.41. The van der Waals surface area contributed by atoms with E-state index in [0.29, 0.717) is 18.7 Å². The maximum absolute atomic E-state index is 11.6. The standard InChI is InChI=1S/C14H17BrN4O/c1-19(2)13(20)5-6-17-14-10-7-9(15)3-4-12(10)18-8-11(14)16/h3-4,7-8H,5-6,16H2,1-2H3,(H,17,18). The number of fused-ring (bicyclic) bond motifs is 1. The molecule has 0 unspecified atom stereocenters. The van der Waals surface area contributed by atoms with Gasteiger partial charge in [0.15, 0.2) is 0 Å². The minimum Gasteiger partial charge on any atom is -0.396 e. The summed E-state index contributed by atoms with van der Waals surface area (Å²) < 4.78 is 0.963. The Morgan fingerprint density at radius 2 is 2.20 bits per heavy atom. The molecule has 0 aliphatic rings. The molecule has 0 atom stereocenters. The smallest absolute Gasteiger partial charge is 0.223 e. The minimum atomic E-state index is 0.0793. The van der Waals surface area contributed by atoms with E-state index >= 15 is 0 Å². The predicted octanol–water partition coefficient (Wildman–Crippen LogP) is 2.47. The van der Waals surface area contributed by atoms with Crippen LogP contribution in [0.4, 0.5) is 11.4 Å². The second-order valence-corrected chi connectivity index (χ2v) is 5.63. The van der Waals surface area contributed by atoms with Crippen LogP contribution in [0.3, 0.4) is 0 Å². The van der Waals surface area contributed by atoms with Crippen LogP contribution in [-0.2, 0) is 4.79 Å². The Balaban J connectivity index is 2.22. The maximum Gasteiger partial charge on any atom is 0.223 e. The van der Waals surface area contributed by atoms with Crippen LogP contribution in [0.5, 0.6) is 0 Å². The lowest BCUT2D eigenvalue weighted by molar-refractivity contribution is -0.128. The normalized spacial score (nSPS) is 10.6. The summed E-state index contributed by atoms with van der Waals surface area (Å²) in [7, 11) is 3.49. The number of carbonyl (C=O) groups is 1. The van der Waals surface area contributed by atoms with E-state index in [1.807, 2.05) is 18.2 Å². The van der Waals surface area contributed by atoms with E-state index in [9.17, 15) is 4.79 Å². The molecule has 1 amide bonds. The summed E-state index contributed by atoms with van der Waals surface area (Å²) in [6.07, 6.45) is 2.05. The fourth-order valence-corrected chi connectivity index (χ4v) is 2.26. The van der Waals surface area contributed by atoms with Gasteiger partial charge in [0.25, 0.3) is 0 Å². The second-order valence-electron chi connectivity index (χ2n) is 4.71. The van der Waals surface area contributed by atoms with Crippen molar-refractivity contribution in [2.45, 2.75) is 6.42 Å². The van der Waals surface area contributed by atoms with Crippen molar-refractivity contribution in [3.05, 3.63) is 28.9 Å². The van der Waals surface area contributed by atoms with Crippen LogP contribution in [-0.4, -0.2) is 36.4 Å². The molecule has 1 heterocycles. The number of hydrogen-bond acceptors (Lipinski definition) is 4. The van der Waals surface area contributed by atoms with Crippen molar-refractivity contribution in [3.63, 3.8) is 0 Å². The molecule has 106 valence electrons. The molecule has 0 spiro atoms. The van der Waals surface area contributed by atoms with E-state index in [1.54, 1.807) is 25.2 Å². The first kappa shape index (κ1) is 14.6. The van der Waals surface area contributed by atoms with Crippen LogP contribution < -0.4 is 11.1 Å². The van der Waals surface area contributed by atoms with Gasteiger partial charge in [0, 0.05) is 36.9 Å². The molecule has 2 rings (SSSR count). The van der Waals surface area contributed by atoms with Crippen molar-refractivity contribution in [1.82, 2.24) is 9.88 Å². The maximum atomic E-state index is 11.6. The van der Waals surface area contributed by atoms with Crippen LogP contribution in [0.1, 0.15) is 6.42 Å². The molecule has 3 N–H and O–H groups in total. The van der Waals surface area contributed by atoms with E-state index in [2.05, 4.69) is 26.2 Å². The van der Waals surface area contributed by atoms with Crippen LogP contribution in [0.15, 0.2) is 28.9 Å². The number of nitrogens with two attached hydrogens (primary N) is 1. The lowest BCUT2D eigenvalue weighted by Crippen LogP contribution is -2.24. The molecule has 0 aliphatic carbocycles. The van der Waals surface area contributed by atoms with Gasteiger partial charge in [-0.3, -0.25) is 9.78 Å². The van der Waals surface area contributed by atoms with Gasteiger partial charge in [0.05, 0.1) is 23.1 Å². The fourth-order valence-electron chi connectivity index (χ4n) is 1.90. The number of benzene rings is 1. The molecular formula is C14H17BrN4O. The zero-order chi connectivity index (χ0) is 14.7. The van der Waals surface area contributed by atoms with Crippen molar-refractivity contribution in [2.24, 2.45) is 0 Å². The molecule has 5 nitrogen and oxygen atoms in total. The minimum absolute atomic E-state index is 0.0793. The number of nitrogen functional groups attached to an aromatic ring is 1. The van der Waals surface area contributed by atoms with Crippen LogP contribution in [0.25, 0.3) is 10.9 Å². The number of anilines is 2. The second kappa shape index (κ2) is 6.09. The number of carbonyl (C=O) groups excluding carboxylic acids is 1. The molecule has 0 fully saturated rings. The monoisotopic (exact) mass is 336 g/mol. The zero-order valence-corrected chi connectivity index (χ0v) is 13.1. The third-order valence-corrected chi connectivity index (χ3v) is 3.49. The molecule has 1 aromatic heterocycles. The highest BCUT2D eigenvalue weighted by Crippen LogP contribution is 2.29. The highest BCUT2D eigenvalue weighted by Gasteiger charge is 2.08. The number of pyridine rings is 1. The predicted molar refractivity (Wildman–Crippen MR) is 85.7 cm³/mol. The average molecular weight is 337 g/mol. The van der Waals surface area contributed by atoms with Crippen LogP contribution >= 0.6 is 15.9 Å². The Labute approximate surface area is 126 Å². The van der Waals surface area contributed by atoms with Crippen molar-refractivity contribution in [3.8, 4) is 0 Å². The van der Waals surface area contributed by atoms with Crippen LogP contribution in [0.2, 0.25) is 0 Å². The van der Waals surface area contributed by atoms with E-state index in [-0.39, 0.29) is 5.91 Å². The van der Waals surface area contributed by atoms with Crippen LogP contribution in [0, 0.1) is 0 Å². The third-order valence-electron chi connectivity index (χ3n) is 3.00. The van der Waals surface area contributed by atoms with Gasteiger partial charge in [0.2, 0.25) is 5.91 Å². The molecule has 0 saturated heterocycles. The summed E-state index contributed by atoms with van der Waals surface area (Å²) >= 11 is 3.44. The largest absolute Gasteiger partial charge is 0.396 e. The first-order valence-electron chi connectivity index (χ1n) is 6.27. The Morgan fingerprint density at radius 3 is 2.90 bits per heavy atom. The lowest BCUT2D eigenvalue weighted by atomic mass is 10.1. The topological polar surface area (TPSA) is 71.2 Å². The first-order valence-corrected chi connectivity index (χ1v) is 7.06. The molecule has 0 saturated carbocycles. The Hall–Kier alpha value is -1.82. The summed E-state index contributed by atoms with van der Waals surface area (Å²) in [6.45, 7) is 0.535. The summed E-state index contributed by atoms with van der Waals surface area (Å²) in [4.78, 5) is 17.4. The van der Waals surface area contributed by atoms with Gasteiger partial charge < -0.3 is 16.0 Å². The Bertz CT molecular complexity index is 637. The summed E-state index contributed by atoms with van der Waals surface area (Å²) in [5, 5.41) is 4.18. The van der Waals surface area contributed by atoms with Crippen molar-refractivity contribution >= 4 is 44.1 Å². The highest BCUT2D eigenvalue weighted by molar-refractivity contribution is 9.10. The van der Waals surface area contributed by atoms with Gasteiger partial charge >= 0.3 is 0 Å². The molecule has 1 aromatic carbocycles. The highest BCUT2D eigenvalue weighted by atomic mass is 79.9. The Kier molecular flexibility index (Phi) is 4.44. The molecule has 0 radical (unpaired) electrons. The number of amides is 1. The number of hydrogen-bond donors (Lipinski definition) is 2. The van der Waals surface area contributed by atoms with E-state index in [0.717, 1.165) is 21.1 Å². The first-order chi connectivity index (χ1) is 9.49. The van der Waals surface area contributed by atoms with Crippen molar-refractivity contribution in [2.75, 3.05) is 31.7 Å². The van der Waals surface area contributed by atoms with E-state index < -0.39 is 0 Å². The third kappa shape index (κ3) is 3.19. The van der Waals surface area contributed by atoms with Crippen molar-refractivity contribution < 1.29 is 4.79 Å². The van der Waals surface area contributed by atoms with Gasteiger partial charge in [-0.1, -0.05) is 15.9 Å². The zero-order valence-electron chi connectivity index (χ0n) is 11.5. The summed E-state index contributed by atoms with van der Waals surface area (Å²) in [6, 6.07) is 5.83. The molecule has 0 aliphatic heterocycles.